The lowest BCUT2D eigenvalue weighted by molar-refractivity contribution is 0.0929. The van der Waals surface area contributed by atoms with E-state index in [0.717, 1.165) is 36.1 Å². The lowest BCUT2D eigenvalue weighted by Crippen LogP contribution is -2.42. The van der Waals surface area contributed by atoms with Gasteiger partial charge in [-0.25, -0.2) is 4.68 Å². The van der Waals surface area contributed by atoms with Crippen LogP contribution in [0.4, 0.5) is 0 Å². The molecule has 2 aromatic rings. The SMILES string of the molecule is Cl.O=C(NC1CCNCC1)c1cnn(-c2cccc(Br)c2)c1. The maximum atomic E-state index is 12.2. The van der Waals surface area contributed by atoms with Gasteiger partial charge in [0.15, 0.2) is 0 Å². The maximum Gasteiger partial charge on any atom is 0.254 e. The first-order valence-electron chi connectivity index (χ1n) is 7.04. The number of hydrogen-bond donors (Lipinski definition) is 2. The molecule has 1 aromatic heterocycles. The van der Waals surface area contributed by atoms with Crippen LogP contribution in [0, 0.1) is 0 Å². The van der Waals surface area contributed by atoms with E-state index in [1.807, 2.05) is 24.3 Å². The zero-order chi connectivity index (χ0) is 14.7. The monoisotopic (exact) mass is 384 g/mol. The van der Waals surface area contributed by atoms with Gasteiger partial charge in [-0.3, -0.25) is 4.79 Å². The van der Waals surface area contributed by atoms with Gasteiger partial charge in [-0.2, -0.15) is 5.10 Å². The van der Waals surface area contributed by atoms with E-state index in [1.54, 1.807) is 17.1 Å². The van der Waals surface area contributed by atoms with Crippen molar-refractivity contribution in [1.29, 1.82) is 0 Å². The molecule has 3 rings (SSSR count). The second-order valence-corrected chi connectivity index (χ2v) is 6.07. The van der Waals surface area contributed by atoms with Crippen LogP contribution >= 0.6 is 28.3 Å². The van der Waals surface area contributed by atoms with Crippen molar-refractivity contribution in [3.8, 4) is 5.69 Å². The third-order valence-electron chi connectivity index (χ3n) is 3.59. The Morgan fingerprint density at radius 1 is 1.36 bits per heavy atom. The predicted molar refractivity (Wildman–Crippen MR) is 91.9 cm³/mol. The second kappa shape index (κ2) is 7.76. The summed E-state index contributed by atoms with van der Waals surface area (Å²) in [6.07, 6.45) is 5.33. The van der Waals surface area contributed by atoms with Crippen molar-refractivity contribution < 1.29 is 4.79 Å². The number of aromatic nitrogens is 2. The first kappa shape index (κ1) is 17.0. The normalized spacial score (nSPS) is 15.1. The lowest BCUT2D eigenvalue weighted by atomic mass is 10.1. The Labute approximate surface area is 144 Å². The average Bonchev–Trinajstić information content (AvgIpc) is 2.98. The van der Waals surface area contributed by atoms with Gasteiger partial charge in [-0.05, 0) is 44.1 Å². The van der Waals surface area contributed by atoms with E-state index in [1.165, 1.54) is 0 Å². The smallest absolute Gasteiger partial charge is 0.254 e. The van der Waals surface area contributed by atoms with E-state index in [9.17, 15) is 4.79 Å². The third-order valence-corrected chi connectivity index (χ3v) is 4.09. The molecule has 0 bridgehead atoms. The quantitative estimate of drug-likeness (QED) is 0.853. The van der Waals surface area contributed by atoms with Crippen LogP contribution in [0.1, 0.15) is 23.2 Å². The average molecular weight is 386 g/mol. The van der Waals surface area contributed by atoms with Crippen LogP contribution in [0.2, 0.25) is 0 Å². The van der Waals surface area contributed by atoms with Crippen LogP contribution in [-0.4, -0.2) is 34.8 Å². The molecule has 22 heavy (non-hydrogen) atoms. The molecule has 0 spiro atoms. The summed E-state index contributed by atoms with van der Waals surface area (Å²) in [5.41, 5.74) is 1.51. The highest BCUT2D eigenvalue weighted by molar-refractivity contribution is 9.10. The van der Waals surface area contributed by atoms with Gasteiger partial charge in [0, 0.05) is 16.7 Å². The summed E-state index contributed by atoms with van der Waals surface area (Å²) in [6.45, 7) is 1.92. The number of carbonyl (C=O) groups excluding carboxylic acids is 1. The van der Waals surface area contributed by atoms with Crippen LogP contribution in [-0.2, 0) is 0 Å². The van der Waals surface area contributed by atoms with Crippen LogP contribution in [0.3, 0.4) is 0 Å². The highest BCUT2D eigenvalue weighted by atomic mass is 79.9. The fourth-order valence-corrected chi connectivity index (χ4v) is 2.82. The maximum absolute atomic E-state index is 12.2. The zero-order valence-corrected chi connectivity index (χ0v) is 14.4. The van der Waals surface area contributed by atoms with Crippen LogP contribution in [0.15, 0.2) is 41.1 Å². The van der Waals surface area contributed by atoms with Crippen molar-refractivity contribution in [2.45, 2.75) is 18.9 Å². The molecule has 118 valence electrons. The molecule has 1 saturated heterocycles. The molecule has 1 aliphatic heterocycles. The lowest BCUT2D eigenvalue weighted by Gasteiger charge is -2.23. The number of hydrogen-bond acceptors (Lipinski definition) is 3. The minimum absolute atomic E-state index is 0. The molecule has 7 heteroatoms. The molecule has 0 saturated carbocycles. The molecule has 1 aromatic carbocycles. The molecule has 0 atom stereocenters. The van der Waals surface area contributed by atoms with Gasteiger partial charge in [-0.1, -0.05) is 22.0 Å². The Hall–Kier alpha value is -1.37. The Bertz CT molecular complexity index is 640. The second-order valence-electron chi connectivity index (χ2n) is 5.15. The van der Waals surface area contributed by atoms with Gasteiger partial charge >= 0.3 is 0 Å². The van der Waals surface area contributed by atoms with Crippen molar-refractivity contribution in [3.63, 3.8) is 0 Å². The molecule has 0 unspecified atom stereocenters. The minimum Gasteiger partial charge on any atom is -0.349 e. The summed E-state index contributed by atoms with van der Waals surface area (Å²) in [4.78, 5) is 12.2. The number of piperidine rings is 1. The van der Waals surface area contributed by atoms with Gasteiger partial charge in [-0.15, -0.1) is 12.4 Å². The zero-order valence-electron chi connectivity index (χ0n) is 12.0. The van der Waals surface area contributed by atoms with Gasteiger partial charge in [0.2, 0.25) is 0 Å². The summed E-state index contributed by atoms with van der Waals surface area (Å²) >= 11 is 3.43. The van der Waals surface area contributed by atoms with Crippen LogP contribution in [0.5, 0.6) is 0 Å². The number of carbonyl (C=O) groups is 1. The van der Waals surface area contributed by atoms with Crippen molar-refractivity contribution >= 4 is 34.2 Å². The van der Waals surface area contributed by atoms with E-state index < -0.39 is 0 Å². The Balaban J connectivity index is 0.00000176. The van der Waals surface area contributed by atoms with Gasteiger partial charge < -0.3 is 10.6 Å². The summed E-state index contributed by atoms with van der Waals surface area (Å²) in [7, 11) is 0. The van der Waals surface area contributed by atoms with E-state index in [-0.39, 0.29) is 24.4 Å². The van der Waals surface area contributed by atoms with Crippen molar-refractivity contribution in [2.24, 2.45) is 0 Å². The minimum atomic E-state index is -0.0526. The summed E-state index contributed by atoms with van der Waals surface area (Å²) in [5, 5.41) is 10.6. The molecule has 1 aliphatic rings. The fourth-order valence-electron chi connectivity index (χ4n) is 2.43. The fraction of sp³-hybridized carbons (Fsp3) is 0.333. The third kappa shape index (κ3) is 4.09. The van der Waals surface area contributed by atoms with Gasteiger partial charge in [0.05, 0.1) is 17.4 Å². The summed E-state index contributed by atoms with van der Waals surface area (Å²) in [6, 6.07) is 8.06. The molecule has 5 nitrogen and oxygen atoms in total. The number of rotatable bonds is 3. The topological polar surface area (TPSA) is 59.0 Å². The summed E-state index contributed by atoms with van der Waals surface area (Å²) < 4.78 is 2.69. The van der Waals surface area contributed by atoms with Crippen molar-refractivity contribution in [1.82, 2.24) is 20.4 Å². The van der Waals surface area contributed by atoms with Gasteiger partial charge in [0.25, 0.3) is 5.91 Å². The largest absolute Gasteiger partial charge is 0.349 e. The van der Waals surface area contributed by atoms with Crippen LogP contribution < -0.4 is 10.6 Å². The Morgan fingerprint density at radius 3 is 2.86 bits per heavy atom. The first-order valence-corrected chi connectivity index (χ1v) is 7.84. The standard InChI is InChI=1S/C15H17BrN4O.ClH/c16-12-2-1-3-14(8-12)20-10-11(9-18-20)15(21)19-13-4-6-17-7-5-13;/h1-3,8-10,13,17H,4-7H2,(H,19,21);1H. The van der Waals surface area contributed by atoms with E-state index >= 15 is 0 Å². The number of nitrogens with one attached hydrogen (secondary N) is 2. The van der Waals surface area contributed by atoms with E-state index in [0.29, 0.717) is 5.56 Å². The molecular formula is C15H18BrClN4O. The van der Waals surface area contributed by atoms with E-state index in [4.69, 9.17) is 0 Å². The van der Waals surface area contributed by atoms with Crippen molar-refractivity contribution in [3.05, 3.63) is 46.7 Å². The van der Waals surface area contributed by atoms with E-state index in [2.05, 4.69) is 31.7 Å². The molecular weight excluding hydrogens is 368 g/mol. The van der Waals surface area contributed by atoms with Crippen molar-refractivity contribution in [2.75, 3.05) is 13.1 Å². The molecule has 0 aliphatic carbocycles. The molecule has 2 N–H and O–H groups in total. The number of amides is 1. The molecule has 1 amide bonds. The number of nitrogens with zero attached hydrogens (tertiary/aromatic N) is 2. The van der Waals surface area contributed by atoms with Crippen LogP contribution in [0.25, 0.3) is 5.69 Å². The Kier molecular flexibility index (Phi) is 5.99. The number of benzene rings is 1. The first-order chi connectivity index (χ1) is 10.2. The highest BCUT2D eigenvalue weighted by Gasteiger charge is 2.17. The molecule has 2 heterocycles. The number of halogens is 2. The van der Waals surface area contributed by atoms with Gasteiger partial charge in [0.1, 0.15) is 0 Å². The molecule has 1 fully saturated rings. The predicted octanol–water partition coefficient (Wildman–Crippen LogP) is 2.54. The Morgan fingerprint density at radius 2 is 2.14 bits per heavy atom. The molecule has 0 radical (unpaired) electrons. The summed E-state index contributed by atoms with van der Waals surface area (Å²) in [5.74, 6) is -0.0526. The highest BCUT2D eigenvalue weighted by Crippen LogP contribution is 2.15.